The number of hydrogen-bond acceptors (Lipinski definition) is 4. The SMILES string of the molecule is C[C@@H](NC(=O)c1ccc2nc(-c3ccccc3)c(CCCC(F)(F)C(=O)O)nc2c1)c1ccc(F)cc1. The van der Waals surface area contributed by atoms with E-state index in [9.17, 15) is 22.8 Å². The zero-order valence-electron chi connectivity index (χ0n) is 19.9. The van der Waals surface area contributed by atoms with E-state index in [4.69, 9.17) is 5.11 Å². The smallest absolute Gasteiger partial charge is 0.374 e. The van der Waals surface area contributed by atoms with Crippen LogP contribution in [0.1, 0.15) is 47.4 Å². The fourth-order valence-electron chi connectivity index (χ4n) is 3.93. The van der Waals surface area contributed by atoms with E-state index in [1.807, 2.05) is 30.3 Å². The van der Waals surface area contributed by atoms with Crippen molar-refractivity contribution in [3.05, 3.63) is 95.4 Å². The van der Waals surface area contributed by atoms with Crippen molar-refractivity contribution in [1.29, 1.82) is 0 Å². The number of rotatable bonds is 9. The van der Waals surface area contributed by atoms with Crippen molar-refractivity contribution in [3.8, 4) is 11.3 Å². The van der Waals surface area contributed by atoms with Gasteiger partial charge in [-0.25, -0.2) is 19.2 Å². The van der Waals surface area contributed by atoms with Crippen molar-refractivity contribution in [2.75, 3.05) is 0 Å². The summed E-state index contributed by atoms with van der Waals surface area (Å²) in [5.41, 5.74) is 3.66. The Morgan fingerprint density at radius 1 is 0.973 bits per heavy atom. The van der Waals surface area contributed by atoms with Gasteiger partial charge in [0, 0.05) is 17.5 Å². The van der Waals surface area contributed by atoms with Crippen LogP contribution in [0.5, 0.6) is 0 Å². The monoisotopic (exact) mass is 507 g/mol. The molecule has 6 nitrogen and oxygen atoms in total. The predicted octanol–water partition coefficient (Wildman–Crippen LogP) is 5.97. The summed E-state index contributed by atoms with van der Waals surface area (Å²) in [5.74, 6) is -6.72. The van der Waals surface area contributed by atoms with Crippen LogP contribution in [0.15, 0.2) is 72.8 Å². The van der Waals surface area contributed by atoms with Gasteiger partial charge in [-0.15, -0.1) is 0 Å². The lowest BCUT2D eigenvalue weighted by atomic mass is 10.0. The number of fused-ring (bicyclic) bond motifs is 1. The van der Waals surface area contributed by atoms with Crippen LogP contribution in [0.4, 0.5) is 13.2 Å². The van der Waals surface area contributed by atoms with Gasteiger partial charge in [-0.1, -0.05) is 42.5 Å². The molecule has 0 spiro atoms. The summed E-state index contributed by atoms with van der Waals surface area (Å²) in [6, 6.07) is 19.4. The maximum Gasteiger partial charge on any atom is 0.374 e. The lowest BCUT2D eigenvalue weighted by Gasteiger charge is -2.15. The highest BCUT2D eigenvalue weighted by atomic mass is 19.3. The second kappa shape index (κ2) is 10.8. The van der Waals surface area contributed by atoms with E-state index in [-0.39, 0.29) is 30.6 Å². The van der Waals surface area contributed by atoms with Crippen LogP contribution < -0.4 is 5.32 Å². The molecule has 4 aromatic rings. The first kappa shape index (κ1) is 25.8. The summed E-state index contributed by atoms with van der Waals surface area (Å²) in [5, 5.41) is 11.6. The third-order valence-electron chi connectivity index (χ3n) is 5.98. The first-order valence-corrected chi connectivity index (χ1v) is 11.7. The Balaban J connectivity index is 1.62. The molecule has 1 aromatic heterocycles. The first-order chi connectivity index (χ1) is 17.6. The summed E-state index contributed by atoms with van der Waals surface area (Å²) < 4.78 is 40.4. The molecular formula is C28H24F3N3O3. The van der Waals surface area contributed by atoms with E-state index in [1.54, 1.807) is 37.3 Å². The van der Waals surface area contributed by atoms with Gasteiger partial charge in [0.25, 0.3) is 5.91 Å². The number of hydrogen-bond donors (Lipinski definition) is 2. The number of nitrogens with one attached hydrogen (secondary N) is 1. The van der Waals surface area contributed by atoms with E-state index in [1.165, 1.54) is 12.1 Å². The molecule has 0 fully saturated rings. The van der Waals surface area contributed by atoms with Gasteiger partial charge in [0.05, 0.1) is 28.5 Å². The van der Waals surface area contributed by atoms with Crippen LogP contribution in [0.3, 0.4) is 0 Å². The molecule has 0 aliphatic heterocycles. The van der Waals surface area contributed by atoms with Gasteiger partial charge >= 0.3 is 11.9 Å². The highest BCUT2D eigenvalue weighted by molar-refractivity contribution is 5.97. The van der Waals surface area contributed by atoms with E-state index in [0.717, 1.165) is 11.1 Å². The normalized spacial score (nSPS) is 12.3. The number of carboxylic acids is 1. The summed E-state index contributed by atoms with van der Waals surface area (Å²) >= 11 is 0. The minimum atomic E-state index is -3.83. The Morgan fingerprint density at radius 3 is 2.35 bits per heavy atom. The number of nitrogens with zero attached hydrogens (tertiary/aromatic N) is 2. The zero-order valence-corrected chi connectivity index (χ0v) is 19.9. The molecule has 1 amide bonds. The van der Waals surface area contributed by atoms with Crippen LogP contribution in [0, 0.1) is 5.82 Å². The molecule has 2 N–H and O–H groups in total. The number of aliphatic carboxylic acids is 1. The molecule has 0 radical (unpaired) electrons. The molecule has 0 unspecified atom stereocenters. The number of aryl methyl sites for hydroxylation is 1. The summed E-state index contributed by atoms with van der Waals surface area (Å²) in [4.78, 5) is 33.0. The maximum absolute atomic E-state index is 13.6. The number of aromatic nitrogens is 2. The number of carbonyl (C=O) groups excluding carboxylic acids is 1. The Kier molecular flexibility index (Phi) is 7.52. The maximum atomic E-state index is 13.6. The van der Waals surface area contributed by atoms with Crippen molar-refractivity contribution in [1.82, 2.24) is 15.3 Å². The second-order valence-electron chi connectivity index (χ2n) is 8.70. The predicted molar refractivity (Wildman–Crippen MR) is 133 cm³/mol. The average Bonchev–Trinajstić information content (AvgIpc) is 2.88. The van der Waals surface area contributed by atoms with Crippen molar-refractivity contribution < 1.29 is 27.9 Å². The Morgan fingerprint density at radius 2 is 1.68 bits per heavy atom. The van der Waals surface area contributed by atoms with Crippen molar-refractivity contribution in [2.24, 2.45) is 0 Å². The molecule has 9 heteroatoms. The Bertz CT molecular complexity index is 1430. The minimum Gasteiger partial charge on any atom is -0.477 e. The fourth-order valence-corrected chi connectivity index (χ4v) is 3.93. The molecule has 4 rings (SSSR count). The molecule has 190 valence electrons. The molecule has 37 heavy (non-hydrogen) atoms. The lowest BCUT2D eigenvalue weighted by Crippen LogP contribution is -2.28. The van der Waals surface area contributed by atoms with Crippen LogP contribution in [-0.4, -0.2) is 32.9 Å². The van der Waals surface area contributed by atoms with E-state index < -0.39 is 18.3 Å². The van der Waals surface area contributed by atoms with Crippen molar-refractivity contribution in [2.45, 2.75) is 38.2 Å². The molecule has 3 aromatic carbocycles. The number of carboxylic acid groups (broad SMARTS) is 1. The van der Waals surface area contributed by atoms with Crippen LogP contribution in [0.25, 0.3) is 22.3 Å². The van der Waals surface area contributed by atoms with Crippen LogP contribution in [-0.2, 0) is 11.2 Å². The van der Waals surface area contributed by atoms with Gasteiger partial charge in [-0.05, 0) is 55.7 Å². The standard InChI is InChI=1S/C28H24F3N3O3/c1-17(18-9-12-21(29)13-10-18)32-26(35)20-11-14-22-24(16-20)33-23(8-5-15-28(30,31)27(36)37)25(34-22)19-6-3-2-4-7-19/h2-4,6-7,9-14,16-17H,5,8,15H2,1H3,(H,32,35)(H,36,37)/t17-/m1/s1. The number of benzene rings is 3. The summed E-state index contributed by atoms with van der Waals surface area (Å²) in [6.07, 6.45) is -0.872. The van der Waals surface area contributed by atoms with Crippen LogP contribution in [0.2, 0.25) is 0 Å². The minimum absolute atomic E-state index is 0.0774. The van der Waals surface area contributed by atoms with Gasteiger partial charge < -0.3 is 10.4 Å². The second-order valence-corrected chi connectivity index (χ2v) is 8.70. The lowest BCUT2D eigenvalue weighted by molar-refractivity contribution is -0.165. The summed E-state index contributed by atoms with van der Waals surface area (Å²) in [6.45, 7) is 1.78. The van der Waals surface area contributed by atoms with Gasteiger partial charge in [0.15, 0.2) is 0 Å². The molecule has 1 heterocycles. The van der Waals surface area contributed by atoms with Crippen LogP contribution >= 0.6 is 0 Å². The molecule has 0 bridgehead atoms. The fraction of sp³-hybridized carbons (Fsp3) is 0.214. The van der Waals surface area contributed by atoms with Crippen molar-refractivity contribution in [3.63, 3.8) is 0 Å². The highest BCUT2D eigenvalue weighted by Gasteiger charge is 2.37. The molecule has 0 aliphatic carbocycles. The topological polar surface area (TPSA) is 92.2 Å². The third kappa shape index (κ3) is 6.11. The third-order valence-corrected chi connectivity index (χ3v) is 5.98. The van der Waals surface area contributed by atoms with E-state index in [2.05, 4.69) is 15.3 Å². The number of halogens is 3. The highest BCUT2D eigenvalue weighted by Crippen LogP contribution is 2.27. The van der Waals surface area contributed by atoms with Gasteiger partial charge in [0.1, 0.15) is 5.82 Å². The largest absolute Gasteiger partial charge is 0.477 e. The van der Waals surface area contributed by atoms with Gasteiger partial charge in [-0.3, -0.25) is 4.79 Å². The zero-order chi connectivity index (χ0) is 26.6. The van der Waals surface area contributed by atoms with E-state index in [0.29, 0.717) is 28.0 Å². The molecule has 1 atom stereocenters. The average molecular weight is 508 g/mol. The quantitative estimate of drug-likeness (QED) is 0.291. The Labute approximate surface area is 211 Å². The van der Waals surface area contributed by atoms with Gasteiger partial charge in [-0.2, -0.15) is 8.78 Å². The molecule has 0 saturated carbocycles. The Hall–Kier alpha value is -4.27. The molecular weight excluding hydrogens is 483 g/mol. The van der Waals surface area contributed by atoms with E-state index >= 15 is 0 Å². The number of carbonyl (C=O) groups is 2. The van der Waals surface area contributed by atoms with Gasteiger partial charge in [0.2, 0.25) is 0 Å². The number of amides is 1. The molecule has 0 saturated heterocycles. The first-order valence-electron chi connectivity index (χ1n) is 11.7. The molecule has 0 aliphatic rings. The van der Waals surface area contributed by atoms with Crippen molar-refractivity contribution >= 4 is 22.9 Å². The summed E-state index contributed by atoms with van der Waals surface area (Å²) in [7, 11) is 0. The number of alkyl halides is 2.